The summed E-state index contributed by atoms with van der Waals surface area (Å²) < 4.78 is 12.6. The summed E-state index contributed by atoms with van der Waals surface area (Å²) in [5, 5.41) is 4.13. The van der Waals surface area contributed by atoms with Crippen molar-refractivity contribution in [1.29, 1.82) is 0 Å². The van der Waals surface area contributed by atoms with E-state index in [2.05, 4.69) is 26.5 Å². The second-order valence-corrected chi connectivity index (χ2v) is 8.28. The van der Waals surface area contributed by atoms with E-state index in [1.807, 2.05) is 84.9 Å². The van der Waals surface area contributed by atoms with Crippen molar-refractivity contribution >= 4 is 28.1 Å². The maximum atomic E-state index is 12.7. The molecule has 4 rings (SSSR count). The molecule has 1 amide bonds. The second kappa shape index (κ2) is 11.8. The number of nitrogens with one attached hydrogen (secondary N) is 1. The fraction of sp³-hybridized carbons (Fsp3) is 0.0714. The first-order valence-electron chi connectivity index (χ1n) is 10.7. The molecule has 0 spiro atoms. The predicted octanol–water partition coefficient (Wildman–Crippen LogP) is 6.37. The molecule has 0 aliphatic carbocycles. The van der Waals surface area contributed by atoms with E-state index in [1.165, 1.54) is 0 Å². The standard InChI is InChI=1S/C28H23BrN2O3/c29-26-16-15-24(33-19-21-9-3-1-4-10-21)17-23(26)18-30-31-28(32)25-13-7-8-14-27(25)34-20-22-11-5-2-6-12-22/h1-18H,19-20H2,(H,31,32)/b30-18-. The number of carbonyl (C=O) groups excluding carboxylic acids is 1. The largest absolute Gasteiger partial charge is 0.489 e. The Morgan fingerprint density at radius 1 is 0.794 bits per heavy atom. The number of benzene rings is 4. The number of hydrogen-bond donors (Lipinski definition) is 1. The predicted molar refractivity (Wildman–Crippen MR) is 137 cm³/mol. The van der Waals surface area contributed by atoms with Crippen LogP contribution in [0.2, 0.25) is 0 Å². The zero-order valence-electron chi connectivity index (χ0n) is 18.4. The average Bonchev–Trinajstić information content (AvgIpc) is 2.89. The van der Waals surface area contributed by atoms with Crippen LogP contribution in [0.3, 0.4) is 0 Å². The molecule has 1 N–H and O–H groups in total. The maximum absolute atomic E-state index is 12.7. The van der Waals surface area contributed by atoms with Gasteiger partial charge in [0, 0.05) is 10.0 Å². The molecule has 0 bridgehead atoms. The minimum Gasteiger partial charge on any atom is -0.489 e. The summed E-state index contributed by atoms with van der Waals surface area (Å²) >= 11 is 3.51. The summed E-state index contributed by atoms with van der Waals surface area (Å²) in [4.78, 5) is 12.7. The lowest BCUT2D eigenvalue weighted by molar-refractivity contribution is 0.0950. The van der Waals surface area contributed by atoms with Gasteiger partial charge in [-0.05, 0) is 41.5 Å². The van der Waals surface area contributed by atoms with E-state index in [-0.39, 0.29) is 5.91 Å². The highest BCUT2D eigenvalue weighted by Gasteiger charge is 2.11. The average molecular weight is 515 g/mol. The maximum Gasteiger partial charge on any atom is 0.275 e. The molecule has 0 aliphatic heterocycles. The van der Waals surface area contributed by atoms with Gasteiger partial charge in [-0.15, -0.1) is 0 Å². The van der Waals surface area contributed by atoms with Crippen molar-refractivity contribution in [2.45, 2.75) is 13.2 Å². The van der Waals surface area contributed by atoms with Gasteiger partial charge in [-0.3, -0.25) is 4.79 Å². The van der Waals surface area contributed by atoms with Gasteiger partial charge in [0.05, 0.1) is 11.8 Å². The van der Waals surface area contributed by atoms with Crippen molar-refractivity contribution in [3.05, 3.63) is 130 Å². The summed E-state index contributed by atoms with van der Waals surface area (Å²) in [5.41, 5.74) is 5.88. The molecule has 4 aromatic carbocycles. The van der Waals surface area contributed by atoms with E-state index < -0.39 is 0 Å². The van der Waals surface area contributed by atoms with Crippen molar-refractivity contribution in [2.75, 3.05) is 0 Å². The molecule has 6 heteroatoms. The van der Waals surface area contributed by atoms with Crippen LogP contribution >= 0.6 is 15.9 Å². The van der Waals surface area contributed by atoms with Crippen molar-refractivity contribution in [2.24, 2.45) is 5.10 Å². The number of nitrogens with zero attached hydrogens (tertiary/aromatic N) is 1. The second-order valence-electron chi connectivity index (χ2n) is 7.43. The number of ether oxygens (including phenoxy) is 2. The van der Waals surface area contributed by atoms with Gasteiger partial charge in [0.15, 0.2) is 0 Å². The molecule has 0 unspecified atom stereocenters. The van der Waals surface area contributed by atoms with Crippen molar-refractivity contribution in [1.82, 2.24) is 5.43 Å². The minimum atomic E-state index is -0.354. The van der Waals surface area contributed by atoms with Crippen LogP contribution in [-0.4, -0.2) is 12.1 Å². The molecular formula is C28H23BrN2O3. The van der Waals surface area contributed by atoms with Crippen LogP contribution in [0.5, 0.6) is 11.5 Å². The number of hydrazone groups is 1. The van der Waals surface area contributed by atoms with Crippen LogP contribution in [-0.2, 0) is 13.2 Å². The molecule has 0 saturated carbocycles. The van der Waals surface area contributed by atoms with Gasteiger partial charge in [0.1, 0.15) is 24.7 Å². The topological polar surface area (TPSA) is 59.9 Å². The van der Waals surface area contributed by atoms with Crippen LogP contribution in [0, 0.1) is 0 Å². The Labute approximate surface area is 207 Å². The Balaban J connectivity index is 1.38. The third-order valence-electron chi connectivity index (χ3n) is 4.95. The van der Waals surface area contributed by atoms with E-state index in [1.54, 1.807) is 24.4 Å². The molecule has 0 atom stereocenters. The van der Waals surface area contributed by atoms with E-state index in [9.17, 15) is 4.79 Å². The van der Waals surface area contributed by atoms with Gasteiger partial charge in [-0.2, -0.15) is 5.10 Å². The van der Waals surface area contributed by atoms with Gasteiger partial charge in [-0.25, -0.2) is 5.43 Å². The summed E-state index contributed by atoms with van der Waals surface area (Å²) in [7, 11) is 0. The van der Waals surface area contributed by atoms with Gasteiger partial charge in [-0.1, -0.05) is 88.7 Å². The molecule has 170 valence electrons. The molecule has 34 heavy (non-hydrogen) atoms. The SMILES string of the molecule is O=C(N/N=C\c1cc(OCc2ccccc2)ccc1Br)c1ccccc1OCc1ccccc1. The number of hydrogen-bond acceptors (Lipinski definition) is 4. The summed E-state index contributed by atoms with van der Waals surface area (Å²) in [6.07, 6.45) is 1.57. The molecule has 4 aromatic rings. The van der Waals surface area contributed by atoms with Crippen molar-refractivity contribution in [3.8, 4) is 11.5 Å². The first-order valence-corrected chi connectivity index (χ1v) is 11.5. The fourth-order valence-electron chi connectivity index (χ4n) is 3.19. The van der Waals surface area contributed by atoms with Crippen LogP contribution in [0.1, 0.15) is 27.0 Å². The fourth-order valence-corrected chi connectivity index (χ4v) is 3.54. The number of carbonyl (C=O) groups is 1. The molecule has 0 heterocycles. The molecule has 0 radical (unpaired) electrons. The smallest absolute Gasteiger partial charge is 0.275 e. The Hall–Kier alpha value is -3.90. The highest BCUT2D eigenvalue weighted by atomic mass is 79.9. The van der Waals surface area contributed by atoms with Crippen LogP contribution < -0.4 is 14.9 Å². The monoisotopic (exact) mass is 514 g/mol. The third-order valence-corrected chi connectivity index (χ3v) is 5.68. The lowest BCUT2D eigenvalue weighted by Gasteiger charge is -2.10. The first kappa shape index (κ1) is 23.3. The zero-order valence-corrected chi connectivity index (χ0v) is 19.9. The molecule has 0 aliphatic rings. The minimum absolute atomic E-state index is 0.354. The Morgan fingerprint density at radius 2 is 1.41 bits per heavy atom. The molecule has 0 aromatic heterocycles. The van der Waals surface area contributed by atoms with Crippen molar-refractivity contribution in [3.63, 3.8) is 0 Å². The Morgan fingerprint density at radius 3 is 2.12 bits per heavy atom. The van der Waals surface area contributed by atoms with E-state index in [0.29, 0.717) is 30.3 Å². The highest BCUT2D eigenvalue weighted by molar-refractivity contribution is 9.10. The van der Waals surface area contributed by atoms with Crippen LogP contribution in [0.4, 0.5) is 0 Å². The lowest BCUT2D eigenvalue weighted by atomic mass is 10.2. The molecular weight excluding hydrogens is 492 g/mol. The Kier molecular flexibility index (Phi) is 8.08. The van der Waals surface area contributed by atoms with E-state index >= 15 is 0 Å². The molecule has 0 fully saturated rings. The lowest BCUT2D eigenvalue weighted by Crippen LogP contribution is -2.18. The number of para-hydroxylation sites is 1. The van der Waals surface area contributed by atoms with Gasteiger partial charge < -0.3 is 9.47 Å². The third kappa shape index (κ3) is 6.56. The number of amides is 1. The first-order chi connectivity index (χ1) is 16.7. The van der Waals surface area contributed by atoms with Crippen molar-refractivity contribution < 1.29 is 14.3 Å². The van der Waals surface area contributed by atoms with Gasteiger partial charge in [0.25, 0.3) is 5.91 Å². The molecule has 0 saturated heterocycles. The quantitative estimate of drug-likeness (QED) is 0.208. The van der Waals surface area contributed by atoms with Crippen LogP contribution in [0.25, 0.3) is 0 Å². The highest BCUT2D eigenvalue weighted by Crippen LogP contribution is 2.22. The normalized spacial score (nSPS) is 10.7. The summed E-state index contributed by atoms with van der Waals surface area (Å²) in [6.45, 7) is 0.840. The van der Waals surface area contributed by atoms with Crippen LogP contribution in [0.15, 0.2) is 113 Å². The number of rotatable bonds is 9. The Bertz CT molecular complexity index is 1260. The summed E-state index contributed by atoms with van der Waals surface area (Å²) in [6, 6.07) is 32.5. The van der Waals surface area contributed by atoms with E-state index in [4.69, 9.17) is 9.47 Å². The summed E-state index contributed by atoms with van der Waals surface area (Å²) in [5.74, 6) is 0.851. The number of halogens is 1. The van der Waals surface area contributed by atoms with E-state index in [0.717, 1.165) is 21.2 Å². The molecule has 5 nitrogen and oxygen atoms in total. The van der Waals surface area contributed by atoms with Gasteiger partial charge in [0.2, 0.25) is 0 Å². The van der Waals surface area contributed by atoms with Gasteiger partial charge >= 0.3 is 0 Å². The zero-order chi connectivity index (χ0) is 23.6.